The zero-order valence-corrected chi connectivity index (χ0v) is 40.7. The third-order valence-electron chi connectivity index (χ3n) is 10.7. The molecule has 3 aromatic rings. The number of aliphatic imine (C=N–C) groups is 1. The minimum absolute atomic E-state index is 0.0565. The molecule has 3 amide bonds. The predicted molar refractivity (Wildman–Crippen MR) is 253 cm³/mol. The van der Waals surface area contributed by atoms with E-state index in [0.717, 1.165) is 38.6 Å². The number of hydrogen-bond acceptors (Lipinski definition) is 14. The number of aryl methyl sites for hydroxylation is 1. The second-order valence-corrected chi connectivity index (χ2v) is 20.6. The minimum atomic E-state index is -4.93. The van der Waals surface area contributed by atoms with Crippen molar-refractivity contribution in [3.05, 3.63) is 88.9 Å². The summed E-state index contributed by atoms with van der Waals surface area (Å²) in [6, 6.07) is 10.5. The number of hydroxylamine groups is 2. The molecule has 0 aliphatic carbocycles. The van der Waals surface area contributed by atoms with Crippen LogP contribution in [0, 0.1) is 0 Å². The fraction of sp³-hybridized carbons (Fsp3) is 0.409. The van der Waals surface area contributed by atoms with E-state index in [1.165, 1.54) is 11.9 Å². The zero-order chi connectivity index (χ0) is 51.6. The number of aromatic nitrogens is 2. The highest BCUT2D eigenvalue weighted by Gasteiger charge is 2.48. The molecular weight excluding hydrogens is 963 g/mol. The topological polar surface area (TPSA) is 273 Å². The Kier molecular flexibility index (Phi) is 18.4. The molecule has 0 spiro atoms. The Morgan fingerprint density at radius 2 is 1.77 bits per heavy atom. The monoisotopic (exact) mass is 1020 g/mol. The summed E-state index contributed by atoms with van der Waals surface area (Å²) >= 11 is 0. The number of nitrogens with zero attached hydrogens (tertiary/aromatic N) is 5. The van der Waals surface area contributed by atoms with Crippen LogP contribution in [0.25, 0.3) is 23.5 Å². The van der Waals surface area contributed by atoms with E-state index in [-0.39, 0.29) is 31.1 Å². The van der Waals surface area contributed by atoms with Crippen LogP contribution in [0.3, 0.4) is 0 Å². The van der Waals surface area contributed by atoms with Gasteiger partial charge in [-0.3, -0.25) is 37.0 Å². The first-order chi connectivity index (χ1) is 32.8. The summed E-state index contributed by atoms with van der Waals surface area (Å²) < 4.78 is 106. The van der Waals surface area contributed by atoms with E-state index in [0.29, 0.717) is 40.7 Å². The summed E-state index contributed by atoms with van der Waals surface area (Å²) in [4.78, 5) is 75.3. The average Bonchev–Trinajstić information content (AvgIpc) is 4.05. The number of nitrogens with one attached hydrogen (secondary N) is 2. The number of rotatable bonds is 25. The van der Waals surface area contributed by atoms with Gasteiger partial charge in [-0.2, -0.15) is 16.8 Å². The van der Waals surface area contributed by atoms with E-state index in [1.807, 2.05) is 25.1 Å². The molecule has 378 valence electrons. The number of aromatic amines is 1. The number of allylic oxidation sites excluding steroid dienone is 3. The molecule has 2 unspecified atom stereocenters. The van der Waals surface area contributed by atoms with Gasteiger partial charge >= 0.3 is 19.3 Å². The van der Waals surface area contributed by atoms with Crippen molar-refractivity contribution in [2.75, 3.05) is 66.8 Å². The molecule has 1 fully saturated rings. The number of imide groups is 1. The van der Waals surface area contributed by atoms with Crippen LogP contribution in [-0.4, -0.2) is 171 Å². The molecule has 1 saturated heterocycles. The van der Waals surface area contributed by atoms with Gasteiger partial charge in [0.2, 0.25) is 5.91 Å². The summed E-state index contributed by atoms with van der Waals surface area (Å²) in [6.45, 7) is 1.54. The second-order valence-electron chi connectivity index (χ2n) is 17.5. The fourth-order valence-corrected chi connectivity index (χ4v) is 8.54. The van der Waals surface area contributed by atoms with Gasteiger partial charge in [0.1, 0.15) is 24.2 Å². The van der Waals surface area contributed by atoms with Crippen molar-refractivity contribution in [1.82, 2.24) is 24.7 Å². The van der Waals surface area contributed by atoms with Gasteiger partial charge in [0.25, 0.3) is 32.1 Å². The van der Waals surface area contributed by atoms with Gasteiger partial charge < -0.3 is 33.6 Å². The number of hydrogen-bond donors (Lipinski definition) is 4. The Labute approximate surface area is 404 Å². The van der Waals surface area contributed by atoms with Crippen LogP contribution in [0.15, 0.2) is 77.1 Å². The lowest BCUT2D eigenvalue weighted by molar-refractivity contribution is -0.870. The Balaban J connectivity index is 1.09. The van der Waals surface area contributed by atoms with Gasteiger partial charge in [0.05, 0.1) is 70.1 Å². The summed E-state index contributed by atoms with van der Waals surface area (Å²) in [5, 5.41) is 0.0238. The molecule has 0 bridgehead atoms. The number of carbonyl (C=O) groups excluding carboxylic acids is 5. The van der Waals surface area contributed by atoms with Crippen molar-refractivity contribution >= 4 is 75.2 Å². The molecule has 21 nitrogen and oxygen atoms in total. The SMILES string of the molecule is CC1=CC(/C=C/c2ccc(OCCCC(=O)NC(CS(=O)(=O)O)C(=O)OCCN(C)CC(=O)ON3C(=O)CC(S(=O)(=O)O)C3=O)cc2)=NC/1=C/c1c(CCC[N+](C)(C)C)cc(-c2ccc[nH]2)n1B(F)F. The molecule has 4 heterocycles. The highest BCUT2D eigenvalue weighted by atomic mass is 32.2. The summed E-state index contributed by atoms with van der Waals surface area (Å²) in [5.41, 5.74) is 5.01. The first kappa shape index (κ1) is 54.6. The van der Waals surface area contributed by atoms with Gasteiger partial charge in [0, 0.05) is 31.3 Å². The van der Waals surface area contributed by atoms with Crippen LogP contribution >= 0.6 is 0 Å². The van der Waals surface area contributed by atoms with E-state index in [2.05, 4.69) is 36.3 Å². The summed E-state index contributed by atoms with van der Waals surface area (Å²) in [6.07, 6.45) is 9.35. The number of esters is 1. The van der Waals surface area contributed by atoms with E-state index < -0.39 is 93.9 Å². The van der Waals surface area contributed by atoms with Gasteiger partial charge in [-0.05, 0) is 92.1 Å². The van der Waals surface area contributed by atoms with Crippen molar-refractivity contribution in [3.63, 3.8) is 0 Å². The van der Waals surface area contributed by atoms with Crippen molar-refractivity contribution in [2.24, 2.45) is 4.99 Å². The standard InChI is InChI=1S/C44H54BF2N7O14S2/c1-29-23-32(49-35(29)25-37-31(9-7-20-54(3,4)5)24-38(52(37)45(46)47)34-10-6-18-48-34)15-12-30-13-16-33(17-14-30)66-21-8-11-40(55)50-36(28-69(60,61)62)44(59)67-22-19-51(2)27-42(57)68-53-41(56)26-39(43(53)58)70(63,64)65/h6,10,12-18,23-25,36,39H,7-9,11,19-22,26-28H2,1-5H3,(H3-,48,49,50,55,60,61,62,63,64,65)/p+1/b15-12+. The van der Waals surface area contributed by atoms with Crippen LogP contribution in [-0.2, 0) is 60.2 Å². The van der Waals surface area contributed by atoms with Crippen molar-refractivity contribution in [3.8, 4) is 17.1 Å². The van der Waals surface area contributed by atoms with Crippen molar-refractivity contribution < 1.29 is 77.3 Å². The Bertz CT molecular complexity index is 2770. The Hall–Kier alpha value is -6.32. The first-order valence-corrected chi connectivity index (χ1v) is 24.9. The molecule has 5 rings (SSSR count). The molecule has 0 radical (unpaired) electrons. The Morgan fingerprint density at radius 3 is 2.39 bits per heavy atom. The smallest absolute Gasteiger partial charge is 0.494 e. The number of carbonyl (C=O) groups is 5. The molecule has 0 saturated carbocycles. The molecule has 1 aromatic carbocycles. The number of amides is 3. The van der Waals surface area contributed by atoms with Crippen LogP contribution < -0.4 is 10.1 Å². The van der Waals surface area contributed by atoms with Crippen LogP contribution in [0.5, 0.6) is 5.75 Å². The van der Waals surface area contributed by atoms with E-state index in [4.69, 9.17) is 19.0 Å². The van der Waals surface area contributed by atoms with E-state index >= 15 is 0 Å². The summed E-state index contributed by atoms with van der Waals surface area (Å²) in [5.74, 6) is -6.52. The van der Waals surface area contributed by atoms with E-state index in [1.54, 1.807) is 54.7 Å². The third-order valence-corrected chi connectivity index (χ3v) is 12.5. The largest absolute Gasteiger partial charge is 0.678 e. The number of likely N-dealkylation sites (N-methyl/N-ethyl adjacent to an activating group) is 1. The predicted octanol–water partition coefficient (Wildman–Crippen LogP) is 2.83. The maximum absolute atomic E-state index is 14.7. The third kappa shape index (κ3) is 16.1. The molecule has 70 heavy (non-hydrogen) atoms. The molecule has 4 N–H and O–H groups in total. The molecular formula is C44H55BF2N7O14S2+. The normalized spacial score (nSPS) is 16.5. The highest BCUT2D eigenvalue weighted by Crippen LogP contribution is 2.32. The number of ether oxygens (including phenoxy) is 2. The number of H-pyrrole nitrogens is 1. The van der Waals surface area contributed by atoms with Crippen LogP contribution in [0.4, 0.5) is 8.63 Å². The Morgan fingerprint density at radius 1 is 1.06 bits per heavy atom. The maximum atomic E-state index is 14.7. The quantitative estimate of drug-likeness (QED) is 0.0237. The number of quaternary nitrogens is 1. The lowest BCUT2D eigenvalue weighted by Crippen LogP contribution is -2.46. The van der Waals surface area contributed by atoms with Crippen LogP contribution in [0.2, 0.25) is 0 Å². The minimum Gasteiger partial charge on any atom is -0.494 e. The number of benzene rings is 1. The number of halogens is 2. The molecule has 2 aliphatic heterocycles. The lowest BCUT2D eigenvalue weighted by Gasteiger charge is -2.23. The zero-order valence-electron chi connectivity index (χ0n) is 39.0. The molecule has 2 aliphatic rings. The van der Waals surface area contributed by atoms with Gasteiger partial charge in [-0.25, -0.2) is 14.6 Å². The molecule has 26 heteroatoms. The van der Waals surface area contributed by atoms with E-state index in [9.17, 15) is 54.0 Å². The van der Waals surface area contributed by atoms with Crippen LogP contribution in [0.1, 0.15) is 49.4 Å². The van der Waals surface area contributed by atoms with Gasteiger partial charge in [-0.15, -0.1) is 5.06 Å². The van der Waals surface area contributed by atoms with Gasteiger partial charge in [0.15, 0.2) is 5.25 Å². The lowest BCUT2D eigenvalue weighted by atomic mass is 10.1. The van der Waals surface area contributed by atoms with Crippen molar-refractivity contribution in [2.45, 2.75) is 50.3 Å². The maximum Gasteiger partial charge on any atom is 0.678 e. The molecule has 2 aromatic heterocycles. The highest BCUT2D eigenvalue weighted by molar-refractivity contribution is 7.87. The second kappa shape index (κ2) is 23.5. The molecule has 2 atom stereocenters. The fourth-order valence-electron chi connectivity index (χ4n) is 7.19. The average molecular weight is 1020 g/mol. The first-order valence-electron chi connectivity index (χ1n) is 21.8. The summed E-state index contributed by atoms with van der Waals surface area (Å²) in [7, 11) is -4.89. The van der Waals surface area contributed by atoms with Crippen molar-refractivity contribution in [1.29, 1.82) is 0 Å². The van der Waals surface area contributed by atoms with Gasteiger partial charge in [-0.1, -0.05) is 18.2 Å².